The van der Waals surface area contributed by atoms with Crippen LogP contribution in [0.3, 0.4) is 0 Å². The van der Waals surface area contributed by atoms with Crippen LogP contribution in [0.5, 0.6) is 0 Å². The molecule has 0 saturated heterocycles. The monoisotopic (exact) mass is 352 g/mol. The first-order valence-electron chi connectivity index (χ1n) is 8.85. The van der Waals surface area contributed by atoms with Crippen molar-refractivity contribution < 1.29 is 8.42 Å². The lowest BCUT2D eigenvalue weighted by molar-refractivity contribution is 0.445. The first-order chi connectivity index (χ1) is 11.6. The zero-order chi connectivity index (χ0) is 17.4. The highest BCUT2D eigenvalue weighted by Gasteiger charge is 2.21. The largest absolute Gasteiger partial charge is 0.261 e. The van der Waals surface area contributed by atoms with Crippen molar-refractivity contribution >= 4 is 21.6 Å². The molecule has 24 heavy (non-hydrogen) atoms. The van der Waals surface area contributed by atoms with Crippen LogP contribution in [0.15, 0.2) is 28.3 Å². The quantitative estimate of drug-likeness (QED) is 0.793. The van der Waals surface area contributed by atoms with Crippen LogP contribution in [0.4, 0.5) is 5.82 Å². The van der Waals surface area contributed by atoms with Crippen LogP contribution in [0.2, 0.25) is 0 Å². The standard InChI is InChI=1S/C17H28N4O2S/c1-3-21(4-2)24(22,23)16-12-13-17(18-14-16)20-19-15-10-8-6-5-7-9-11-15/h12-14H,3-11H2,1-2H3,(H,18,20). The maximum atomic E-state index is 12.4. The van der Waals surface area contributed by atoms with Gasteiger partial charge in [0.2, 0.25) is 10.0 Å². The minimum absolute atomic E-state index is 0.218. The lowest BCUT2D eigenvalue weighted by Crippen LogP contribution is -2.30. The Hall–Kier alpha value is -1.47. The average molecular weight is 353 g/mol. The molecular formula is C17H28N4O2S. The predicted molar refractivity (Wildman–Crippen MR) is 97.7 cm³/mol. The van der Waals surface area contributed by atoms with E-state index in [4.69, 9.17) is 0 Å². The van der Waals surface area contributed by atoms with E-state index in [1.807, 2.05) is 13.8 Å². The van der Waals surface area contributed by atoms with Gasteiger partial charge >= 0.3 is 0 Å². The van der Waals surface area contributed by atoms with E-state index in [9.17, 15) is 8.42 Å². The molecule has 0 unspecified atom stereocenters. The average Bonchev–Trinajstić information content (AvgIpc) is 2.55. The molecule has 2 rings (SSSR count). The van der Waals surface area contributed by atoms with Crippen molar-refractivity contribution in [2.75, 3.05) is 18.5 Å². The number of rotatable bonds is 6. The highest BCUT2D eigenvalue weighted by molar-refractivity contribution is 7.89. The number of aromatic nitrogens is 1. The Morgan fingerprint density at radius 2 is 1.71 bits per heavy atom. The summed E-state index contributed by atoms with van der Waals surface area (Å²) in [5.74, 6) is 0.572. The highest BCUT2D eigenvalue weighted by Crippen LogP contribution is 2.17. The van der Waals surface area contributed by atoms with E-state index >= 15 is 0 Å². The second-order valence-electron chi connectivity index (χ2n) is 6.03. The van der Waals surface area contributed by atoms with Gasteiger partial charge in [-0.05, 0) is 37.8 Å². The smallest absolute Gasteiger partial charge is 0.244 e. The first-order valence-corrected chi connectivity index (χ1v) is 10.3. The Morgan fingerprint density at radius 3 is 2.25 bits per heavy atom. The van der Waals surface area contributed by atoms with Crippen LogP contribution in [0.25, 0.3) is 0 Å². The van der Waals surface area contributed by atoms with Crippen LogP contribution in [-0.2, 0) is 10.0 Å². The molecule has 0 amide bonds. The van der Waals surface area contributed by atoms with Crippen LogP contribution in [0.1, 0.15) is 58.8 Å². The lowest BCUT2D eigenvalue weighted by Gasteiger charge is -2.18. The van der Waals surface area contributed by atoms with Crippen LogP contribution in [0, 0.1) is 0 Å². The lowest BCUT2D eigenvalue weighted by atomic mass is 9.99. The van der Waals surface area contributed by atoms with Gasteiger partial charge in [0.15, 0.2) is 0 Å². The number of anilines is 1. The molecule has 0 aliphatic heterocycles. The summed E-state index contributed by atoms with van der Waals surface area (Å²) < 4.78 is 26.3. The molecule has 1 aliphatic carbocycles. The van der Waals surface area contributed by atoms with Gasteiger partial charge in [-0.25, -0.2) is 13.4 Å². The Bertz CT molecular complexity index is 627. The van der Waals surface area contributed by atoms with Gasteiger partial charge in [-0.2, -0.15) is 9.41 Å². The number of nitrogens with zero attached hydrogens (tertiary/aromatic N) is 3. The van der Waals surface area contributed by atoms with Crippen molar-refractivity contribution in [3.63, 3.8) is 0 Å². The zero-order valence-electron chi connectivity index (χ0n) is 14.7. The topological polar surface area (TPSA) is 74.7 Å². The molecule has 1 heterocycles. The number of sulfonamides is 1. The number of hydrogen-bond donors (Lipinski definition) is 1. The van der Waals surface area contributed by atoms with E-state index in [1.54, 1.807) is 12.1 Å². The van der Waals surface area contributed by atoms with Crippen molar-refractivity contribution in [1.29, 1.82) is 0 Å². The van der Waals surface area contributed by atoms with Crippen LogP contribution >= 0.6 is 0 Å². The van der Waals surface area contributed by atoms with E-state index in [0.29, 0.717) is 18.9 Å². The summed E-state index contributed by atoms with van der Waals surface area (Å²) in [5.41, 5.74) is 4.14. The summed E-state index contributed by atoms with van der Waals surface area (Å²) in [6.45, 7) is 4.56. The molecule has 1 aromatic heterocycles. The third-order valence-electron chi connectivity index (χ3n) is 4.34. The molecule has 0 spiro atoms. The number of pyridine rings is 1. The van der Waals surface area contributed by atoms with Gasteiger partial charge < -0.3 is 0 Å². The van der Waals surface area contributed by atoms with Crippen molar-refractivity contribution in [2.45, 2.75) is 63.7 Å². The summed E-state index contributed by atoms with van der Waals surface area (Å²) in [6.07, 6.45) is 9.70. The molecule has 0 atom stereocenters. The van der Waals surface area contributed by atoms with Crippen molar-refractivity contribution in [3.8, 4) is 0 Å². The second-order valence-corrected chi connectivity index (χ2v) is 7.96. The fourth-order valence-electron chi connectivity index (χ4n) is 2.87. The summed E-state index contributed by atoms with van der Waals surface area (Å²) in [5, 5.41) is 4.46. The van der Waals surface area contributed by atoms with E-state index in [2.05, 4.69) is 15.5 Å². The summed E-state index contributed by atoms with van der Waals surface area (Å²) >= 11 is 0. The Morgan fingerprint density at radius 1 is 1.08 bits per heavy atom. The minimum atomic E-state index is -3.46. The molecule has 0 radical (unpaired) electrons. The molecule has 6 nitrogen and oxygen atoms in total. The normalized spacial score (nSPS) is 16.5. The molecule has 0 bridgehead atoms. The Labute approximate surface area is 145 Å². The second kappa shape index (κ2) is 9.13. The molecular weight excluding hydrogens is 324 g/mol. The van der Waals surface area contributed by atoms with E-state index in [1.165, 1.54) is 48.3 Å². The maximum absolute atomic E-state index is 12.4. The predicted octanol–water partition coefficient (Wildman–Crippen LogP) is 3.62. The number of nitrogens with one attached hydrogen (secondary N) is 1. The molecule has 0 aromatic carbocycles. The SMILES string of the molecule is CCN(CC)S(=O)(=O)c1ccc(NN=C2CCCCCCC2)nc1. The molecule has 7 heteroatoms. The van der Waals surface area contributed by atoms with Gasteiger partial charge in [0, 0.05) is 25.0 Å². The third kappa shape index (κ3) is 5.01. The van der Waals surface area contributed by atoms with Gasteiger partial charge in [-0.3, -0.25) is 5.43 Å². The van der Waals surface area contributed by atoms with E-state index in [-0.39, 0.29) is 4.90 Å². The van der Waals surface area contributed by atoms with Gasteiger partial charge in [0.05, 0.1) is 0 Å². The third-order valence-corrected chi connectivity index (χ3v) is 6.37. The number of hydrogen-bond acceptors (Lipinski definition) is 5. The molecule has 134 valence electrons. The summed E-state index contributed by atoms with van der Waals surface area (Å²) in [6, 6.07) is 3.25. The van der Waals surface area contributed by atoms with E-state index < -0.39 is 10.0 Å². The van der Waals surface area contributed by atoms with Crippen molar-refractivity contribution in [2.24, 2.45) is 5.10 Å². The van der Waals surface area contributed by atoms with Gasteiger partial charge in [0.25, 0.3) is 0 Å². The highest BCUT2D eigenvalue weighted by atomic mass is 32.2. The molecule has 1 saturated carbocycles. The molecule has 1 N–H and O–H groups in total. The fourth-order valence-corrected chi connectivity index (χ4v) is 4.28. The van der Waals surface area contributed by atoms with Crippen LogP contribution in [-0.4, -0.2) is 36.5 Å². The van der Waals surface area contributed by atoms with Gasteiger partial charge in [-0.15, -0.1) is 0 Å². The van der Waals surface area contributed by atoms with Crippen LogP contribution < -0.4 is 5.43 Å². The summed E-state index contributed by atoms with van der Waals surface area (Å²) in [4.78, 5) is 4.42. The van der Waals surface area contributed by atoms with Gasteiger partial charge in [0.1, 0.15) is 10.7 Å². The number of hydrazone groups is 1. The Balaban J connectivity index is 2.04. The molecule has 1 aliphatic rings. The Kier molecular flexibility index (Phi) is 7.17. The molecule has 1 fully saturated rings. The first kappa shape index (κ1) is 18.9. The van der Waals surface area contributed by atoms with Crippen molar-refractivity contribution in [1.82, 2.24) is 9.29 Å². The van der Waals surface area contributed by atoms with E-state index in [0.717, 1.165) is 12.8 Å². The molecule has 1 aromatic rings. The zero-order valence-corrected chi connectivity index (χ0v) is 15.5. The van der Waals surface area contributed by atoms with Gasteiger partial charge in [-0.1, -0.05) is 33.1 Å². The van der Waals surface area contributed by atoms with Crippen molar-refractivity contribution in [3.05, 3.63) is 18.3 Å². The maximum Gasteiger partial charge on any atom is 0.244 e. The minimum Gasteiger partial charge on any atom is -0.261 e. The summed E-state index contributed by atoms with van der Waals surface area (Å²) in [7, 11) is -3.46. The fraction of sp³-hybridized carbons (Fsp3) is 0.647.